The minimum Gasteiger partial charge on any atom is -0.477 e. The van der Waals surface area contributed by atoms with E-state index in [9.17, 15) is 14.7 Å². The fourth-order valence-electron chi connectivity index (χ4n) is 2.37. The van der Waals surface area contributed by atoms with Crippen molar-refractivity contribution in [3.05, 3.63) is 40.9 Å². The van der Waals surface area contributed by atoms with Gasteiger partial charge in [0.25, 0.3) is 5.91 Å². The van der Waals surface area contributed by atoms with E-state index in [1.807, 2.05) is 0 Å². The number of rotatable bonds is 2. The largest absolute Gasteiger partial charge is 0.477 e. The second-order valence-electron chi connectivity index (χ2n) is 5.50. The van der Waals surface area contributed by atoms with Crippen molar-refractivity contribution in [3.8, 4) is 11.8 Å². The molecule has 0 bridgehead atoms. The SMILES string of the molecule is CN1CC[C@@](O)(C#Cc2cccc(N3C=C(C(=O)O)SN3)c2)C1=O. The first-order valence-corrected chi connectivity index (χ1v) is 7.99. The molecule has 1 atom stereocenters. The summed E-state index contributed by atoms with van der Waals surface area (Å²) >= 11 is 1.00. The van der Waals surface area contributed by atoms with Crippen molar-refractivity contribution in [1.29, 1.82) is 0 Å². The second-order valence-corrected chi connectivity index (χ2v) is 6.33. The van der Waals surface area contributed by atoms with E-state index in [1.165, 1.54) is 11.1 Å². The molecule has 7 nitrogen and oxygen atoms in total. The molecule has 1 fully saturated rings. The highest BCUT2D eigenvalue weighted by Crippen LogP contribution is 2.26. The number of amides is 1. The van der Waals surface area contributed by atoms with Gasteiger partial charge in [0.2, 0.25) is 5.60 Å². The molecule has 1 aromatic rings. The maximum absolute atomic E-state index is 11.9. The predicted molar refractivity (Wildman–Crippen MR) is 89.4 cm³/mol. The molecule has 0 aromatic heterocycles. The number of likely N-dealkylation sites (N-methyl/N-ethyl adjacent to an activating group) is 1. The number of anilines is 1. The summed E-state index contributed by atoms with van der Waals surface area (Å²) in [6, 6.07) is 7.07. The Morgan fingerprint density at radius 1 is 1.46 bits per heavy atom. The molecule has 0 saturated carbocycles. The molecule has 24 heavy (non-hydrogen) atoms. The molecule has 0 radical (unpaired) electrons. The van der Waals surface area contributed by atoms with E-state index in [0.29, 0.717) is 17.8 Å². The van der Waals surface area contributed by atoms with Gasteiger partial charge in [-0.1, -0.05) is 17.9 Å². The van der Waals surface area contributed by atoms with Crippen LogP contribution in [0.4, 0.5) is 5.69 Å². The van der Waals surface area contributed by atoms with Crippen LogP contribution in [0.3, 0.4) is 0 Å². The number of carbonyl (C=O) groups excluding carboxylic acids is 1. The summed E-state index contributed by atoms with van der Waals surface area (Å²) < 4.78 is 0. The Kier molecular flexibility index (Phi) is 4.24. The van der Waals surface area contributed by atoms with Crippen LogP contribution in [0.15, 0.2) is 35.4 Å². The predicted octanol–water partition coefficient (Wildman–Crippen LogP) is 0.530. The average molecular weight is 345 g/mol. The Morgan fingerprint density at radius 2 is 2.25 bits per heavy atom. The Bertz CT molecular complexity index is 798. The lowest BCUT2D eigenvalue weighted by Crippen LogP contribution is -2.37. The Labute approximate surface area is 143 Å². The third-order valence-electron chi connectivity index (χ3n) is 3.76. The van der Waals surface area contributed by atoms with Crippen molar-refractivity contribution in [2.75, 3.05) is 18.6 Å². The number of nitrogens with zero attached hydrogens (tertiary/aromatic N) is 2. The van der Waals surface area contributed by atoms with Crippen LogP contribution in [0.2, 0.25) is 0 Å². The zero-order valence-electron chi connectivity index (χ0n) is 12.8. The van der Waals surface area contributed by atoms with E-state index >= 15 is 0 Å². The molecule has 3 rings (SSSR count). The Hall–Kier alpha value is -2.47. The zero-order chi connectivity index (χ0) is 17.3. The van der Waals surface area contributed by atoms with Gasteiger partial charge in [-0.15, -0.1) is 0 Å². The third kappa shape index (κ3) is 3.10. The molecule has 3 N–H and O–H groups in total. The van der Waals surface area contributed by atoms with Crippen molar-refractivity contribution < 1.29 is 19.8 Å². The van der Waals surface area contributed by atoms with E-state index in [4.69, 9.17) is 5.11 Å². The fourth-order valence-corrected chi connectivity index (χ4v) is 2.97. The molecule has 0 unspecified atom stereocenters. The van der Waals surface area contributed by atoms with Crippen LogP contribution in [0, 0.1) is 11.8 Å². The lowest BCUT2D eigenvalue weighted by Gasteiger charge is -2.15. The first kappa shape index (κ1) is 16.4. The molecule has 2 aliphatic heterocycles. The molecular weight excluding hydrogens is 330 g/mol. The molecule has 1 saturated heterocycles. The number of aliphatic hydroxyl groups is 1. The highest BCUT2D eigenvalue weighted by atomic mass is 32.2. The summed E-state index contributed by atoms with van der Waals surface area (Å²) in [5.74, 6) is 4.10. The number of hydrogen-bond donors (Lipinski definition) is 3. The van der Waals surface area contributed by atoms with Crippen LogP contribution >= 0.6 is 11.9 Å². The fraction of sp³-hybridized carbons (Fsp3) is 0.250. The van der Waals surface area contributed by atoms with Crippen LogP contribution in [-0.4, -0.2) is 46.2 Å². The van der Waals surface area contributed by atoms with Crippen LogP contribution in [0.1, 0.15) is 12.0 Å². The second kappa shape index (κ2) is 6.20. The summed E-state index contributed by atoms with van der Waals surface area (Å²) in [6.45, 7) is 0.474. The summed E-state index contributed by atoms with van der Waals surface area (Å²) in [5.41, 5.74) is -0.317. The lowest BCUT2D eigenvalue weighted by atomic mass is 10.0. The maximum atomic E-state index is 11.9. The van der Waals surface area contributed by atoms with Gasteiger partial charge < -0.3 is 15.1 Å². The maximum Gasteiger partial charge on any atom is 0.345 e. The lowest BCUT2D eigenvalue weighted by molar-refractivity contribution is -0.137. The van der Waals surface area contributed by atoms with Crippen molar-refractivity contribution >= 4 is 29.5 Å². The van der Waals surface area contributed by atoms with E-state index in [1.54, 1.807) is 36.3 Å². The van der Waals surface area contributed by atoms with E-state index < -0.39 is 17.5 Å². The van der Waals surface area contributed by atoms with Gasteiger partial charge in [0.1, 0.15) is 4.91 Å². The first-order valence-electron chi connectivity index (χ1n) is 7.17. The standard InChI is InChI=1S/C16H15N3O4S/c1-18-8-7-16(23,15(18)22)6-5-11-3-2-4-12(9-11)19-10-13(14(20)21)24-17-19/h2-4,9-10,17,23H,7-8H2,1H3,(H,20,21)/t16-/m0/s1. The monoisotopic (exact) mass is 345 g/mol. The van der Waals surface area contributed by atoms with Gasteiger partial charge in [0, 0.05) is 31.8 Å². The molecule has 1 aromatic carbocycles. The minimum atomic E-state index is -1.64. The van der Waals surface area contributed by atoms with Gasteiger partial charge in [0.05, 0.1) is 5.69 Å². The van der Waals surface area contributed by atoms with E-state index in [2.05, 4.69) is 16.7 Å². The molecule has 124 valence electrons. The van der Waals surface area contributed by atoms with Crippen LogP contribution < -0.4 is 9.84 Å². The van der Waals surface area contributed by atoms with E-state index in [-0.39, 0.29) is 11.3 Å². The normalized spacial score (nSPS) is 23.1. The zero-order valence-corrected chi connectivity index (χ0v) is 13.6. The Balaban J connectivity index is 1.82. The van der Waals surface area contributed by atoms with Gasteiger partial charge in [-0.25, -0.2) is 4.79 Å². The Morgan fingerprint density at radius 3 is 2.88 bits per heavy atom. The number of carboxylic acids is 1. The summed E-state index contributed by atoms with van der Waals surface area (Å²) in [6.07, 6.45) is 1.76. The smallest absolute Gasteiger partial charge is 0.345 e. The van der Waals surface area contributed by atoms with Crippen molar-refractivity contribution in [3.63, 3.8) is 0 Å². The number of carbonyl (C=O) groups is 2. The number of nitrogens with one attached hydrogen (secondary N) is 1. The molecule has 0 spiro atoms. The topological polar surface area (TPSA) is 93.1 Å². The summed E-state index contributed by atoms with van der Waals surface area (Å²) in [5, 5.41) is 20.8. The molecule has 0 aliphatic carbocycles. The average Bonchev–Trinajstić information content (AvgIpc) is 3.16. The molecular formula is C16H15N3O4S. The number of likely N-dealkylation sites (tertiary alicyclic amines) is 1. The van der Waals surface area contributed by atoms with Crippen molar-refractivity contribution in [1.82, 2.24) is 9.73 Å². The number of hydrazine groups is 1. The number of benzene rings is 1. The third-order valence-corrected chi connectivity index (χ3v) is 4.55. The summed E-state index contributed by atoms with van der Waals surface area (Å²) in [4.78, 5) is 27.4. The van der Waals surface area contributed by atoms with Gasteiger partial charge in [-0.05, 0) is 30.1 Å². The van der Waals surface area contributed by atoms with Gasteiger partial charge in [0.15, 0.2) is 0 Å². The van der Waals surface area contributed by atoms with Gasteiger partial charge in [-0.3, -0.25) is 9.80 Å². The van der Waals surface area contributed by atoms with Crippen LogP contribution in [-0.2, 0) is 9.59 Å². The molecule has 2 heterocycles. The molecule has 1 amide bonds. The highest BCUT2D eigenvalue weighted by Gasteiger charge is 2.42. The number of hydrogen-bond acceptors (Lipinski definition) is 6. The molecule has 2 aliphatic rings. The molecule has 8 heteroatoms. The minimum absolute atomic E-state index is 0.181. The van der Waals surface area contributed by atoms with Gasteiger partial charge >= 0.3 is 5.97 Å². The van der Waals surface area contributed by atoms with E-state index in [0.717, 1.165) is 11.9 Å². The highest BCUT2D eigenvalue weighted by molar-refractivity contribution is 8.02. The van der Waals surface area contributed by atoms with Gasteiger partial charge in [-0.2, -0.15) is 4.83 Å². The first-order chi connectivity index (χ1) is 11.4. The number of carboxylic acid groups (broad SMARTS) is 1. The van der Waals surface area contributed by atoms with Crippen molar-refractivity contribution in [2.45, 2.75) is 12.0 Å². The summed E-state index contributed by atoms with van der Waals surface area (Å²) in [7, 11) is 1.63. The number of aliphatic carboxylic acids is 1. The quantitative estimate of drug-likeness (QED) is 0.532. The van der Waals surface area contributed by atoms with Crippen molar-refractivity contribution in [2.24, 2.45) is 0 Å². The van der Waals surface area contributed by atoms with Crippen LogP contribution in [0.25, 0.3) is 0 Å². The van der Waals surface area contributed by atoms with Crippen LogP contribution in [0.5, 0.6) is 0 Å².